The Kier molecular flexibility index (Phi) is 5.85. The fraction of sp³-hybridized carbons (Fsp3) is 1.00. The van der Waals surface area contributed by atoms with E-state index < -0.39 is 49.3 Å². The van der Waals surface area contributed by atoms with Crippen LogP contribution in [0.25, 0.3) is 0 Å². The molecule has 0 bridgehead atoms. The highest BCUT2D eigenvalue weighted by molar-refractivity contribution is 4.89. The summed E-state index contributed by atoms with van der Waals surface area (Å²) in [6.45, 7) is 0. The average molecular weight is 382 g/mol. The molecule has 0 aromatic heterocycles. The molecule has 0 saturated carbocycles. The van der Waals surface area contributed by atoms with Gasteiger partial charge in [-0.15, -0.1) is 0 Å². The Hall–Kier alpha value is -1.02. The van der Waals surface area contributed by atoms with E-state index in [0.29, 0.717) is 0 Å². The van der Waals surface area contributed by atoms with Crippen molar-refractivity contribution in [3.05, 3.63) is 0 Å². The van der Waals surface area contributed by atoms with Gasteiger partial charge in [-0.05, 0) is 0 Å². The van der Waals surface area contributed by atoms with Crippen molar-refractivity contribution in [1.29, 1.82) is 0 Å². The normalized spacial score (nSPS) is 18.0. The molecule has 0 aromatic carbocycles. The highest BCUT2D eigenvalue weighted by Crippen LogP contribution is 2.47. The molecular formula is C8H4F14O. The molecule has 2 unspecified atom stereocenters. The summed E-state index contributed by atoms with van der Waals surface area (Å²) in [5, 5.41) is 0. The second kappa shape index (κ2) is 6.12. The maximum atomic E-state index is 12.7. The molecular weight excluding hydrogens is 378 g/mol. The second-order valence-corrected chi connectivity index (χ2v) is 3.99. The number of alkyl halides is 14. The molecule has 0 heterocycles. The van der Waals surface area contributed by atoms with Gasteiger partial charge in [-0.3, -0.25) is 0 Å². The Bertz CT molecular complexity index is 395. The quantitative estimate of drug-likeness (QED) is 0.587. The van der Waals surface area contributed by atoms with Crippen molar-refractivity contribution in [3.63, 3.8) is 0 Å². The van der Waals surface area contributed by atoms with Gasteiger partial charge in [0.15, 0.2) is 6.17 Å². The molecule has 0 fully saturated rings. The summed E-state index contributed by atoms with van der Waals surface area (Å²) >= 11 is 0. The van der Waals surface area contributed by atoms with Gasteiger partial charge in [-0.1, -0.05) is 0 Å². The molecule has 0 radical (unpaired) electrons. The van der Waals surface area contributed by atoms with Crippen molar-refractivity contribution in [2.24, 2.45) is 0 Å². The van der Waals surface area contributed by atoms with Crippen LogP contribution < -0.4 is 0 Å². The Morgan fingerprint density at radius 2 is 1.09 bits per heavy atom. The van der Waals surface area contributed by atoms with E-state index in [4.69, 9.17) is 0 Å². The number of ether oxygens (including phenoxy) is 1. The minimum atomic E-state index is -6.88. The third-order valence-corrected chi connectivity index (χ3v) is 2.04. The van der Waals surface area contributed by atoms with Crippen LogP contribution in [0.3, 0.4) is 0 Å². The van der Waals surface area contributed by atoms with Crippen molar-refractivity contribution in [1.82, 2.24) is 0 Å². The minimum Gasteiger partial charge on any atom is -0.248 e. The first-order chi connectivity index (χ1) is 9.74. The molecule has 1 nitrogen and oxygen atoms in total. The summed E-state index contributed by atoms with van der Waals surface area (Å²) in [5.41, 5.74) is 0. The van der Waals surface area contributed by atoms with E-state index in [-0.39, 0.29) is 0 Å². The molecule has 2 atom stereocenters. The zero-order valence-electron chi connectivity index (χ0n) is 10.1. The van der Waals surface area contributed by atoms with Crippen LogP contribution in [-0.4, -0.2) is 42.8 Å². The average Bonchev–Trinajstić information content (AvgIpc) is 2.22. The Balaban J connectivity index is 5.38. The number of halogens is 14. The van der Waals surface area contributed by atoms with Crippen molar-refractivity contribution in [2.45, 2.75) is 49.3 Å². The van der Waals surface area contributed by atoms with Gasteiger partial charge in [0.1, 0.15) is 0 Å². The molecule has 0 aliphatic carbocycles. The highest BCUT2D eigenvalue weighted by Gasteiger charge is 2.71. The fourth-order valence-corrected chi connectivity index (χ4v) is 0.995. The van der Waals surface area contributed by atoms with Gasteiger partial charge in [0.2, 0.25) is 0 Å². The van der Waals surface area contributed by atoms with Crippen LogP contribution in [0.5, 0.6) is 0 Å². The lowest BCUT2D eigenvalue weighted by molar-refractivity contribution is -0.461. The molecule has 15 heteroatoms. The lowest BCUT2D eigenvalue weighted by Crippen LogP contribution is -2.56. The van der Waals surface area contributed by atoms with E-state index in [1.54, 1.807) is 4.74 Å². The molecule has 23 heavy (non-hydrogen) atoms. The summed E-state index contributed by atoms with van der Waals surface area (Å²) in [5.74, 6) is -6.63. The van der Waals surface area contributed by atoms with E-state index in [0.717, 1.165) is 0 Å². The topological polar surface area (TPSA) is 9.23 Å². The van der Waals surface area contributed by atoms with Crippen LogP contribution in [0.2, 0.25) is 0 Å². The van der Waals surface area contributed by atoms with Gasteiger partial charge in [0.05, 0.1) is 6.42 Å². The smallest absolute Gasteiger partial charge is 0.248 e. The molecule has 0 N–H and O–H groups in total. The van der Waals surface area contributed by atoms with Crippen LogP contribution in [0.4, 0.5) is 61.5 Å². The molecule has 0 aliphatic heterocycles. The summed E-state index contributed by atoms with van der Waals surface area (Å²) in [6.07, 6.45) is -39.4. The lowest BCUT2D eigenvalue weighted by Gasteiger charge is -2.32. The molecule has 0 spiro atoms. The molecule has 0 aromatic rings. The Labute approximate surface area is 117 Å². The summed E-state index contributed by atoms with van der Waals surface area (Å²) in [7, 11) is 0. The van der Waals surface area contributed by atoms with Gasteiger partial charge in [0.25, 0.3) is 6.17 Å². The summed E-state index contributed by atoms with van der Waals surface area (Å²) < 4.78 is 172. The van der Waals surface area contributed by atoms with E-state index >= 15 is 0 Å². The zero-order valence-corrected chi connectivity index (χ0v) is 10.1. The zero-order chi connectivity index (χ0) is 19.1. The maximum Gasteiger partial charge on any atom is 0.428 e. The number of rotatable bonds is 6. The van der Waals surface area contributed by atoms with Crippen molar-refractivity contribution in [3.8, 4) is 0 Å². The molecule has 0 saturated heterocycles. The van der Waals surface area contributed by atoms with Gasteiger partial charge in [0, 0.05) is 0 Å². The van der Waals surface area contributed by atoms with E-state index in [1.807, 2.05) is 0 Å². The predicted molar refractivity (Wildman–Crippen MR) is 42.4 cm³/mol. The van der Waals surface area contributed by atoms with Crippen molar-refractivity contribution < 1.29 is 66.2 Å². The van der Waals surface area contributed by atoms with Gasteiger partial charge in [-0.25, -0.2) is 13.5 Å². The van der Waals surface area contributed by atoms with Gasteiger partial charge in [-0.2, -0.15) is 52.7 Å². The first kappa shape index (κ1) is 22.0. The van der Waals surface area contributed by atoms with E-state index in [2.05, 4.69) is 0 Å². The highest BCUT2D eigenvalue weighted by atomic mass is 19.4. The van der Waals surface area contributed by atoms with E-state index in [1.165, 1.54) is 0 Å². The van der Waals surface area contributed by atoms with Gasteiger partial charge >= 0.3 is 30.5 Å². The maximum absolute atomic E-state index is 12.7. The van der Waals surface area contributed by atoms with Crippen LogP contribution >= 0.6 is 0 Å². The standard InChI is InChI=1S/C8H4F14O/c9-2(1-4(11,12)13)5(14,15)8(21,22)23-7(19,20)3(10)6(16,17)18/h2-3H,1H2. The van der Waals surface area contributed by atoms with Crippen molar-refractivity contribution >= 4 is 0 Å². The predicted octanol–water partition coefficient (Wildman–Crippen LogP) is 5.01. The second-order valence-electron chi connectivity index (χ2n) is 3.99. The number of hydrogen-bond donors (Lipinski definition) is 0. The first-order valence-electron chi connectivity index (χ1n) is 4.99. The molecule has 140 valence electrons. The van der Waals surface area contributed by atoms with Crippen LogP contribution in [0, 0.1) is 0 Å². The summed E-state index contributed by atoms with van der Waals surface area (Å²) in [6, 6.07) is 0. The monoisotopic (exact) mass is 382 g/mol. The molecule has 0 rings (SSSR count). The number of hydrogen-bond acceptors (Lipinski definition) is 1. The SMILES string of the molecule is FC(C(F)(F)F)C(F)(F)OC(F)(F)C(F)(F)C(F)CC(F)(F)F. The fourth-order valence-electron chi connectivity index (χ4n) is 0.995. The van der Waals surface area contributed by atoms with Crippen LogP contribution in [0.1, 0.15) is 6.42 Å². The molecule has 0 aliphatic rings. The first-order valence-corrected chi connectivity index (χ1v) is 4.99. The third-order valence-electron chi connectivity index (χ3n) is 2.04. The van der Waals surface area contributed by atoms with Crippen LogP contribution in [0.15, 0.2) is 0 Å². The van der Waals surface area contributed by atoms with E-state index in [9.17, 15) is 61.5 Å². The largest absolute Gasteiger partial charge is 0.428 e. The minimum absolute atomic E-state index is 1.70. The molecule has 0 amide bonds. The Morgan fingerprint density at radius 3 is 1.39 bits per heavy atom. The van der Waals surface area contributed by atoms with Gasteiger partial charge < -0.3 is 0 Å². The third kappa shape index (κ3) is 5.53. The lowest BCUT2D eigenvalue weighted by atomic mass is 10.1. The van der Waals surface area contributed by atoms with Crippen LogP contribution in [-0.2, 0) is 4.74 Å². The van der Waals surface area contributed by atoms with Crippen molar-refractivity contribution in [2.75, 3.05) is 0 Å². The summed E-state index contributed by atoms with van der Waals surface area (Å²) in [4.78, 5) is 0. The Morgan fingerprint density at radius 1 is 0.696 bits per heavy atom.